The fourth-order valence-electron chi connectivity index (χ4n) is 6.16. The summed E-state index contributed by atoms with van der Waals surface area (Å²) < 4.78 is 33.0. The quantitative estimate of drug-likeness (QED) is 0.310. The molecule has 1 amide bonds. The summed E-state index contributed by atoms with van der Waals surface area (Å²) in [6.45, 7) is 10.7. The average Bonchev–Trinajstić information content (AvgIpc) is 3.33. The lowest BCUT2D eigenvalue weighted by atomic mass is 9.83. The number of carboxylic acid groups (broad SMARTS) is 1. The molecule has 2 aromatic carbocycles. The van der Waals surface area contributed by atoms with Crippen molar-refractivity contribution in [2.75, 3.05) is 31.7 Å². The third kappa shape index (κ3) is 6.61. The predicted octanol–water partition coefficient (Wildman–Crippen LogP) is 6.38. The molecule has 5 rings (SSSR count). The van der Waals surface area contributed by atoms with Crippen molar-refractivity contribution in [3.8, 4) is 17.0 Å². The number of carboxylic acids is 1. The number of methoxy groups -OCH3 is 1. The molecule has 2 atom stereocenters. The van der Waals surface area contributed by atoms with Crippen molar-refractivity contribution >= 4 is 17.9 Å². The van der Waals surface area contributed by atoms with Gasteiger partial charge in [0, 0.05) is 37.9 Å². The van der Waals surface area contributed by atoms with E-state index in [0.717, 1.165) is 16.7 Å². The van der Waals surface area contributed by atoms with Crippen LogP contribution in [0.4, 0.5) is 15.0 Å². The van der Waals surface area contributed by atoms with Crippen molar-refractivity contribution in [3.05, 3.63) is 76.6 Å². The highest BCUT2D eigenvalue weighted by molar-refractivity contribution is 5.77. The Morgan fingerprint density at radius 1 is 1.11 bits per heavy atom. The Labute approximate surface area is 263 Å². The van der Waals surface area contributed by atoms with Crippen molar-refractivity contribution in [3.63, 3.8) is 0 Å². The summed E-state index contributed by atoms with van der Waals surface area (Å²) in [5.74, 6) is 0.0902. The van der Waals surface area contributed by atoms with Crippen LogP contribution in [-0.2, 0) is 33.8 Å². The highest BCUT2D eigenvalue weighted by Crippen LogP contribution is 2.41. The zero-order valence-electron chi connectivity index (χ0n) is 26.9. The van der Waals surface area contributed by atoms with Gasteiger partial charge in [-0.05, 0) is 82.3 Å². The number of rotatable bonds is 8. The zero-order chi connectivity index (χ0) is 32.5. The van der Waals surface area contributed by atoms with Gasteiger partial charge < -0.3 is 29.1 Å². The van der Waals surface area contributed by atoms with Crippen molar-refractivity contribution in [1.29, 1.82) is 0 Å². The van der Waals surface area contributed by atoms with Gasteiger partial charge in [-0.1, -0.05) is 30.3 Å². The minimum Gasteiger partial charge on any atom is -0.488 e. The molecule has 45 heavy (non-hydrogen) atoms. The number of amides is 1. The summed E-state index contributed by atoms with van der Waals surface area (Å²) in [7, 11) is 1.57. The number of aryl methyl sites for hydroxylation is 1. The minimum absolute atomic E-state index is 0.0193. The third-order valence-electron chi connectivity index (χ3n) is 8.75. The second-order valence-electron chi connectivity index (χ2n) is 13.1. The van der Waals surface area contributed by atoms with Crippen LogP contribution in [0.3, 0.4) is 0 Å². The summed E-state index contributed by atoms with van der Waals surface area (Å²) in [6, 6.07) is 14.6. The Balaban J connectivity index is 1.36. The number of para-hydroxylation sites is 1. The highest BCUT2D eigenvalue weighted by atomic mass is 19.1. The van der Waals surface area contributed by atoms with E-state index >= 15 is 4.39 Å². The van der Waals surface area contributed by atoms with E-state index in [0.29, 0.717) is 60.9 Å². The smallest absolute Gasteiger partial charge is 0.410 e. The van der Waals surface area contributed by atoms with Crippen LogP contribution in [-0.4, -0.2) is 65.5 Å². The van der Waals surface area contributed by atoms with Crippen molar-refractivity contribution in [2.24, 2.45) is 5.41 Å². The van der Waals surface area contributed by atoms with Crippen LogP contribution >= 0.6 is 0 Å². The molecule has 240 valence electrons. The number of fused-ring (bicyclic) bond motifs is 1. The lowest BCUT2D eigenvalue weighted by molar-refractivity contribution is -0.148. The van der Waals surface area contributed by atoms with Gasteiger partial charge in [0.15, 0.2) is 0 Å². The van der Waals surface area contributed by atoms with Gasteiger partial charge in [0.2, 0.25) is 0 Å². The Hall–Kier alpha value is -4.18. The van der Waals surface area contributed by atoms with E-state index in [1.165, 1.54) is 0 Å². The van der Waals surface area contributed by atoms with Crippen LogP contribution in [0.5, 0.6) is 5.75 Å². The number of nitrogens with zero attached hydrogens (tertiary/aromatic N) is 3. The van der Waals surface area contributed by atoms with E-state index < -0.39 is 23.1 Å². The van der Waals surface area contributed by atoms with Gasteiger partial charge in [0.05, 0.1) is 23.8 Å². The number of pyridine rings is 1. The highest BCUT2D eigenvalue weighted by Gasteiger charge is 2.50. The van der Waals surface area contributed by atoms with E-state index in [-0.39, 0.29) is 25.1 Å². The molecule has 0 spiro atoms. The molecule has 9 nitrogen and oxygen atoms in total. The first kappa shape index (κ1) is 32.2. The molecule has 0 unspecified atom stereocenters. The van der Waals surface area contributed by atoms with Gasteiger partial charge >= 0.3 is 12.1 Å². The first-order valence-electron chi connectivity index (χ1n) is 15.3. The minimum atomic E-state index is -0.960. The van der Waals surface area contributed by atoms with Crippen LogP contribution in [0.15, 0.2) is 48.5 Å². The molecule has 0 radical (unpaired) electrons. The maximum atomic E-state index is 15.7. The van der Waals surface area contributed by atoms with Gasteiger partial charge in [-0.25, -0.2) is 14.2 Å². The fraction of sp³-hybridized carbons (Fsp3) is 0.457. The lowest BCUT2D eigenvalue weighted by Gasteiger charge is -2.32. The Morgan fingerprint density at radius 3 is 2.58 bits per heavy atom. The number of carbonyl (C=O) groups excluding carboxylic acids is 1. The van der Waals surface area contributed by atoms with E-state index in [4.69, 9.17) is 19.2 Å². The SMILES string of the molecule is COC[C@H]1N(c2cccc(-c3cccc(C)c3OCc3ccc4c(c3F)CCN(C(=O)OC(C)(C)C)C4)n2)CC[C@@]1(C)C(=O)O. The molecule has 1 N–H and O–H groups in total. The lowest BCUT2D eigenvalue weighted by Crippen LogP contribution is -2.46. The van der Waals surface area contributed by atoms with Crippen LogP contribution in [0.25, 0.3) is 11.3 Å². The molecule has 3 aromatic rings. The maximum Gasteiger partial charge on any atom is 0.410 e. The van der Waals surface area contributed by atoms with Crippen LogP contribution in [0.2, 0.25) is 0 Å². The van der Waals surface area contributed by atoms with Gasteiger partial charge in [-0.3, -0.25) is 4.79 Å². The average molecular weight is 620 g/mol. The number of hydrogen-bond acceptors (Lipinski definition) is 7. The van der Waals surface area contributed by atoms with Crippen LogP contribution < -0.4 is 9.64 Å². The van der Waals surface area contributed by atoms with Gasteiger partial charge in [0.1, 0.15) is 29.6 Å². The van der Waals surface area contributed by atoms with Crippen LogP contribution in [0, 0.1) is 18.2 Å². The number of aliphatic carboxylic acids is 1. The molecule has 3 heterocycles. The summed E-state index contributed by atoms with van der Waals surface area (Å²) in [6.07, 6.45) is 0.467. The zero-order valence-corrected chi connectivity index (χ0v) is 26.9. The number of anilines is 1. The second-order valence-corrected chi connectivity index (χ2v) is 13.1. The van der Waals surface area contributed by atoms with E-state index in [2.05, 4.69) is 0 Å². The number of halogens is 1. The number of benzene rings is 2. The summed E-state index contributed by atoms with van der Waals surface area (Å²) in [4.78, 5) is 33.3. The first-order chi connectivity index (χ1) is 21.3. The number of ether oxygens (including phenoxy) is 3. The normalized spacial score (nSPS) is 19.8. The molecule has 2 aliphatic rings. The van der Waals surface area contributed by atoms with Gasteiger partial charge in [-0.15, -0.1) is 0 Å². The molecule has 1 aromatic heterocycles. The van der Waals surface area contributed by atoms with Gasteiger partial charge in [0.25, 0.3) is 0 Å². The molecule has 1 fully saturated rings. The predicted molar refractivity (Wildman–Crippen MR) is 169 cm³/mol. The Bertz CT molecular complexity index is 1590. The molecule has 0 bridgehead atoms. The Kier molecular flexibility index (Phi) is 9.07. The summed E-state index contributed by atoms with van der Waals surface area (Å²) >= 11 is 0. The topological polar surface area (TPSA) is 101 Å². The van der Waals surface area contributed by atoms with Crippen molar-refractivity contribution in [1.82, 2.24) is 9.88 Å². The van der Waals surface area contributed by atoms with E-state index in [1.807, 2.05) is 75.1 Å². The standard InChI is InChI=1S/C35H42FN3O6/c1-22-9-7-10-26(27-11-8-12-29(37-27)39-18-16-35(5,32(40)41)28(39)21-43-6)31(22)44-20-24-14-13-23-19-38(17-15-25(23)30(24)36)33(42)45-34(2,3)4/h7-14,28H,15-21H2,1-6H3,(H,40,41)/t28-,35-/m1/s1. The second kappa shape index (κ2) is 12.7. The van der Waals surface area contributed by atoms with Gasteiger partial charge in [-0.2, -0.15) is 0 Å². The summed E-state index contributed by atoms with van der Waals surface area (Å²) in [5.41, 5.74) is 2.53. The molecular formula is C35H42FN3O6. The Morgan fingerprint density at radius 2 is 1.87 bits per heavy atom. The largest absolute Gasteiger partial charge is 0.488 e. The fourth-order valence-corrected chi connectivity index (χ4v) is 6.16. The molecule has 0 saturated carbocycles. The molecule has 2 aliphatic heterocycles. The third-order valence-corrected chi connectivity index (χ3v) is 8.75. The van der Waals surface area contributed by atoms with E-state index in [9.17, 15) is 14.7 Å². The first-order valence-corrected chi connectivity index (χ1v) is 15.3. The molecule has 10 heteroatoms. The van der Waals surface area contributed by atoms with Crippen molar-refractivity contribution in [2.45, 2.75) is 72.3 Å². The van der Waals surface area contributed by atoms with E-state index in [1.54, 1.807) is 25.0 Å². The monoisotopic (exact) mass is 619 g/mol. The number of aromatic nitrogens is 1. The maximum absolute atomic E-state index is 15.7. The number of carbonyl (C=O) groups is 2. The summed E-state index contributed by atoms with van der Waals surface area (Å²) in [5, 5.41) is 9.98. The van der Waals surface area contributed by atoms with Crippen LogP contribution in [0.1, 0.15) is 56.4 Å². The number of hydrogen-bond donors (Lipinski definition) is 1. The molecule has 1 saturated heterocycles. The molecular weight excluding hydrogens is 577 g/mol. The molecule has 0 aliphatic carbocycles. The van der Waals surface area contributed by atoms with Crippen molar-refractivity contribution < 1.29 is 33.3 Å².